The Hall–Kier alpha value is -1.06. The van der Waals surface area contributed by atoms with E-state index in [2.05, 4.69) is 37.4 Å². The van der Waals surface area contributed by atoms with E-state index < -0.39 is 0 Å². The quantitative estimate of drug-likeness (QED) is 0.767. The van der Waals surface area contributed by atoms with Crippen LogP contribution in [-0.2, 0) is 6.42 Å². The van der Waals surface area contributed by atoms with Crippen molar-refractivity contribution in [3.8, 4) is 5.75 Å². The topological polar surface area (TPSA) is 41.5 Å². The van der Waals surface area contributed by atoms with E-state index in [4.69, 9.17) is 9.84 Å². The molecule has 0 radical (unpaired) electrons. The van der Waals surface area contributed by atoms with E-state index in [1.54, 1.807) is 0 Å². The Balaban J connectivity index is 1.74. The number of hydrogen-bond donors (Lipinski definition) is 2. The number of aliphatic hydroxyl groups excluding tert-OH is 1. The molecule has 3 nitrogen and oxygen atoms in total. The van der Waals surface area contributed by atoms with Gasteiger partial charge in [0, 0.05) is 19.6 Å². The maximum Gasteiger partial charge on any atom is 0.123 e. The predicted molar refractivity (Wildman–Crippen MR) is 82.3 cm³/mol. The molecule has 1 aliphatic heterocycles. The largest absolute Gasteiger partial charge is 0.488 e. The Morgan fingerprint density at radius 1 is 1.40 bits per heavy atom. The van der Waals surface area contributed by atoms with Gasteiger partial charge in [-0.25, -0.2) is 0 Å². The summed E-state index contributed by atoms with van der Waals surface area (Å²) in [5, 5.41) is 12.6. The monoisotopic (exact) mass is 277 g/mol. The molecule has 3 heteroatoms. The highest BCUT2D eigenvalue weighted by Crippen LogP contribution is 2.29. The zero-order valence-corrected chi connectivity index (χ0v) is 12.7. The van der Waals surface area contributed by atoms with Gasteiger partial charge in [0.15, 0.2) is 0 Å². The molecule has 1 aliphatic rings. The van der Waals surface area contributed by atoms with Crippen molar-refractivity contribution in [2.24, 2.45) is 5.92 Å². The Morgan fingerprint density at radius 3 is 3.00 bits per heavy atom. The highest BCUT2D eigenvalue weighted by molar-refractivity contribution is 5.40. The molecular formula is C17H27NO2. The first kappa shape index (κ1) is 15.3. The first-order valence-corrected chi connectivity index (χ1v) is 7.80. The van der Waals surface area contributed by atoms with Crippen molar-refractivity contribution in [1.82, 2.24) is 5.32 Å². The van der Waals surface area contributed by atoms with E-state index in [0.717, 1.165) is 31.7 Å². The molecule has 1 aromatic carbocycles. The van der Waals surface area contributed by atoms with E-state index >= 15 is 0 Å². The first-order valence-electron chi connectivity index (χ1n) is 7.80. The third-order valence-corrected chi connectivity index (χ3v) is 4.00. The average molecular weight is 277 g/mol. The van der Waals surface area contributed by atoms with Crippen molar-refractivity contribution in [2.75, 3.05) is 19.7 Å². The molecule has 20 heavy (non-hydrogen) atoms. The molecule has 0 fully saturated rings. The summed E-state index contributed by atoms with van der Waals surface area (Å²) in [4.78, 5) is 0. The molecule has 0 bridgehead atoms. The number of benzene rings is 1. The van der Waals surface area contributed by atoms with Gasteiger partial charge in [-0.05, 0) is 43.9 Å². The van der Waals surface area contributed by atoms with Crippen molar-refractivity contribution in [3.63, 3.8) is 0 Å². The molecule has 0 aliphatic carbocycles. The zero-order chi connectivity index (χ0) is 14.4. The van der Waals surface area contributed by atoms with Crippen LogP contribution in [0.1, 0.15) is 37.3 Å². The Kier molecular flexibility index (Phi) is 5.86. The normalized spacial score (nSPS) is 18.6. The van der Waals surface area contributed by atoms with Crippen LogP contribution in [0.15, 0.2) is 18.2 Å². The summed E-state index contributed by atoms with van der Waals surface area (Å²) in [6.07, 6.45) is 4.51. The fourth-order valence-electron chi connectivity index (χ4n) is 2.95. The number of hydrogen-bond acceptors (Lipinski definition) is 3. The molecule has 0 spiro atoms. The third-order valence-electron chi connectivity index (χ3n) is 4.00. The lowest BCUT2D eigenvalue weighted by atomic mass is 10.00. The fourth-order valence-corrected chi connectivity index (χ4v) is 2.95. The van der Waals surface area contributed by atoms with Gasteiger partial charge < -0.3 is 15.2 Å². The number of ether oxygens (including phenoxy) is 1. The molecule has 2 atom stereocenters. The number of nitrogens with one attached hydrogen (secondary N) is 1. The van der Waals surface area contributed by atoms with Crippen molar-refractivity contribution < 1.29 is 9.84 Å². The maximum absolute atomic E-state index is 9.07. The van der Waals surface area contributed by atoms with Crippen LogP contribution in [0.4, 0.5) is 0 Å². The molecule has 112 valence electrons. The van der Waals surface area contributed by atoms with Crippen LogP contribution in [0.5, 0.6) is 5.75 Å². The van der Waals surface area contributed by atoms with Crippen LogP contribution in [0.3, 0.4) is 0 Å². The number of aryl methyl sites for hydroxylation is 1. The average Bonchev–Trinajstić information content (AvgIpc) is 2.81. The Bertz CT molecular complexity index is 413. The van der Waals surface area contributed by atoms with Crippen molar-refractivity contribution >= 4 is 0 Å². The summed E-state index contributed by atoms with van der Waals surface area (Å²) < 4.78 is 5.95. The Morgan fingerprint density at radius 2 is 2.25 bits per heavy atom. The van der Waals surface area contributed by atoms with Crippen LogP contribution >= 0.6 is 0 Å². The number of rotatable bonds is 8. The molecule has 1 aromatic rings. The molecule has 0 saturated carbocycles. The number of aliphatic hydroxyl groups is 1. The summed E-state index contributed by atoms with van der Waals surface area (Å²) in [5.41, 5.74) is 2.63. The highest BCUT2D eigenvalue weighted by atomic mass is 16.5. The second-order valence-corrected chi connectivity index (χ2v) is 5.88. The lowest BCUT2D eigenvalue weighted by molar-refractivity contribution is 0.215. The predicted octanol–water partition coefficient (Wildman–Crippen LogP) is 2.69. The molecule has 2 rings (SSSR count). The molecule has 2 unspecified atom stereocenters. The van der Waals surface area contributed by atoms with Gasteiger partial charge in [0.25, 0.3) is 0 Å². The second-order valence-electron chi connectivity index (χ2n) is 5.88. The minimum Gasteiger partial charge on any atom is -0.488 e. The van der Waals surface area contributed by atoms with E-state index in [-0.39, 0.29) is 12.7 Å². The summed E-state index contributed by atoms with van der Waals surface area (Å²) in [6, 6.07) is 6.41. The summed E-state index contributed by atoms with van der Waals surface area (Å²) in [5.74, 6) is 1.62. The molecule has 0 saturated heterocycles. The SMILES string of the molecule is CCCC(CCO)CNCC1Cc2cc(C)ccc2O1. The van der Waals surface area contributed by atoms with Crippen LogP contribution < -0.4 is 10.1 Å². The third kappa shape index (κ3) is 4.22. The van der Waals surface area contributed by atoms with Crippen molar-refractivity contribution in [3.05, 3.63) is 29.3 Å². The lowest BCUT2D eigenvalue weighted by Crippen LogP contribution is -2.33. The number of fused-ring (bicyclic) bond motifs is 1. The van der Waals surface area contributed by atoms with Crippen LogP contribution in [0.25, 0.3) is 0 Å². The van der Waals surface area contributed by atoms with E-state index in [0.29, 0.717) is 5.92 Å². The van der Waals surface area contributed by atoms with Gasteiger partial charge in [-0.2, -0.15) is 0 Å². The van der Waals surface area contributed by atoms with Gasteiger partial charge in [0.2, 0.25) is 0 Å². The minimum atomic E-state index is 0.253. The van der Waals surface area contributed by atoms with Crippen LogP contribution in [-0.4, -0.2) is 30.9 Å². The molecule has 0 amide bonds. The molecule has 2 N–H and O–H groups in total. The second kappa shape index (κ2) is 7.65. The zero-order valence-electron chi connectivity index (χ0n) is 12.7. The molecule has 1 heterocycles. The summed E-state index contributed by atoms with van der Waals surface area (Å²) in [7, 11) is 0. The van der Waals surface area contributed by atoms with Gasteiger partial charge in [-0.1, -0.05) is 31.0 Å². The minimum absolute atomic E-state index is 0.253. The van der Waals surface area contributed by atoms with Crippen LogP contribution in [0, 0.1) is 12.8 Å². The smallest absolute Gasteiger partial charge is 0.123 e. The highest BCUT2D eigenvalue weighted by Gasteiger charge is 2.22. The summed E-state index contributed by atoms with van der Waals surface area (Å²) >= 11 is 0. The van der Waals surface area contributed by atoms with Gasteiger partial charge >= 0.3 is 0 Å². The standard InChI is InChI=1S/C17H27NO2/c1-3-4-14(7-8-19)11-18-12-16-10-15-9-13(2)5-6-17(15)20-16/h5-6,9,14,16,18-19H,3-4,7-8,10-12H2,1-2H3. The van der Waals surface area contributed by atoms with Gasteiger partial charge in [-0.15, -0.1) is 0 Å². The van der Waals surface area contributed by atoms with E-state index in [1.807, 2.05) is 0 Å². The van der Waals surface area contributed by atoms with E-state index in [9.17, 15) is 0 Å². The maximum atomic E-state index is 9.07. The van der Waals surface area contributed by atoms with Crippen LogP contribution in [0.2, 0.25) is 0 Å². The first-order chi connectivity index (χ1) is 9.72. The Labute approximate surface area is 122 Å². The van der Waals surface area contributed by atoms with Crippen molar-refractivity contribution in [1.29, 1.82) is 0 Å². The van der Waals surface area contributed by atoms with Gasteiger partial charge in [-0.3, -0.25) is 0 Å². The fraction of sp³-hybridized carbons (Fsp3) is 0.647. The van der Waals surface area contributed by atoms with Gasteiger partial charge in [0.1, 0.15) is 11.9 Å². The molecular weight excluding hydrogens is 250 g/mol. The lowest BCUT2D eigenvalue weighted by Gasteiger charge is -2.17. The van der Waals surface area contributed by atoms with E-state index in [1.165, 1.54) is 24.0 Å². The molecule has 0 aromatic heterocycles. The van der Waals surface area contributed by atoms with Crippen molar-refractivity contribution in [2.45, 2.75) is 45.6 Å². The van der Waals surface area contributed by atoms with Gasteiger partial charge in [0.05, 0.1) is 0 Å². The summed E-state index contributed by atoms with van der Waals surface area (Å²) in [6.45, 7) is 6.47.